The Hall–Kier alpha value is -3.69. The molecule has 1 aliphatic heterocycles. The van der Waals surface area contributed by atoms with Gasteiger partial charge in [-0.1, -0.05) is 23.7 Å². The van der Waals surface area contributed by atoms with Gasteiger partial charge in [-0.05, 0) is 36.4 Å². The third-order valence-corrected chi connectivity index (χ3v) is 5.46. The van der Waals surface area contributed by atoms with Crippen molar-refractivity contribution in [3.05, 3.63) is 76.4 Å². The number of carbonyl (C=O) groups excluding carboxylic acids is 3. The van der Waals surface area contributed by atoms with Crippen LogP contribution >= 0.6 is 22.9 Å². The van der Waals surface area contributed by atoms with Gasteiger partial charge in [0.1, 0.15) is 16.5 Å². The molecule has 2 aromatic carbocycles. The van der Waals surface area contributed by atoms with Crippen molar-refractivity contribution in [1.82, 2.24) is 4.98 Å². The van der Waals surface area contributed by atoms with E-state index in [9.17, 15) is 14.4 Å². The third kappa shape index (κ3) is 4.00. The van der Waals surface area contributed by atoms with Crippen LogP contribution in [0.4, 0.5) is 16.5 Å². The number of carbonyl (C=O) groups is 3. The van der Waals surface area contributed by atoms with E-state index in [4.69, 9.17) is 16.3 Å². The molecule has 0 aliphatic carbocycles. The number of aromatic nitrogens is 1. The summed E-state index contributed by atoms with van der Waals surface area (Å²) in [5, 5.41) is 7.58. The van der Waals surface area contributed by atoms with Crippen LogP contribution in [0.1, 0.15) is 10.4 Å². The lowest BCUT2D eigenvalue weighted by atomic mass is 10.2. The number of methoxy groups -OCH3 is 1. The van der Waals surface area contributed by atoms with Gasteiger partial charge in [-0.15, -0.1) is 11.3 Å². The molecular formula is C21H15ClN4O4S. The number of nitrogens with zero attached hydrogens (tertiary/aromatic N) is 2. The van der Waals surface area contributed by atoms with E-state index in [2.05, 4.69) is 15.6 Å². The van der Waals surface area contributed by atoms with E-state index in [0.29, 0.717) is 27.8 Å². The van der Waals surface area contributed by atoms with Crippen LogP contribution in [0.3, 0.4) is 0 Å². The fourth-order valence-corrected chi connectivity index (χ4v) is 3.68. The van der Waals surface area contributed by atoms with E-state index in [0.717, 1.165) is 4.90 Å². The summed E-state index contributed by atoms with van der Waals surface area (Å²) >= 11 is 7.48. The zero-order valence-corrected chi connectivity index (χ0v) is 17.7. The van der Waals surface area contributed by atoms with Gasteiger partial charge < -0.3 is 10.1 Å². The zero-order chi connectivity index (χ0) is 22.0. The van der Waals surface area contributed by atoms with Crippen LogP contribution < -0.4 is 20.3 Å². The number of imide groups is 1. The molecule has 3 amide bonds. The lowest BCUT2D eigenvalue weighted by Gasteiger charge is -2.17. The number of benzene rings is 2. The molecule has 156 valence electrons. The van der Waals surface area contributed by atoms with Gasteiger partial charge in [0.25, 0.3) is 17.7 Å². The first-order valence-electron chi connectivity index (χ1n) is 8.99. The van der Waals surface area contributed by atoms with Crippen molar-refractivity contribution in [2.45, 2.75) is 0 Å². The fraction of sp³-hybridized carbons (Fsp3) is 0.0476. The van der Waals surface area contributed by atoms with Crippen LogP contribution in [0.25, 0.3) is 0 Å². The predicted octanol–water partition coefficient (Wildman–Crippen LogP) is 3.84. The summed E-state index contributed by atoms with van der Waals surface area (Å²) in [5.74, 6) is -1.21. The molecule has 2 heterocycles. The van der Waals surface area contributed by atoms with E-state index in [1.807, 2.05) is 0 Å². The molecule has 31 heavy (non-hydrogen) atoms. The normalized spacial score (nSPS) is 13.5. The first-order valence-corrected chi connectivity index (χ1v) is 10.2. The molecule has 1 aromatic heterocycles. The Balaban J connectivity index is 1.52. The van der Waals surface area contributed by atoms with E-state index in [1.54, 1.807) is 60.1 Å². The van der Waals surface area contributed by atoms with Crippen LogP contribution in [0.5, 0.6) is 5.75 Å². The van der Waals surface area contributed by atoms with Crippen molar-refractivity contribution in [3.63, 3.8) is 0 Å². The molecule has 0 atom stereocenters. The summed E-state index contributed by atoms with van der Waals surface area (Å²) in [5.41, 5.74) is 1.13. The molecule has 1 aliphatic rings. The maximum absolute atomic E-state index is 12.9. The number of nitrogens with one attached hydrogen (secondary N) is 2. The summed E-state index contributed by atoms with van der Waals surface area (Å²) in [4.78, 5) is 42.8. The molecule has 3 aromatic rings. The quantitative estimate of drug-likeness (QED) is 0.549. The highest BCUT2D eigenvalue weighted by Gasteiger charge is 2.40. The number of anilines is 3. The number of halogens is 1. The minimum atomic E-state index is -0.655. The van der Waals surface area contributed by atoms with Gasteiger partial charge in [0.2, 0.25) is 0 Å². The fourth-order valence-electron chi connectivity index (χ4n) is 2.95. The van der Waals surface area contributed by atoms with Gasteiger partial charge in [-0.3, -0.25) is 19.7 Å². The Morgan fingerprint density at radius 3 is 2.52 bits per heavy atom. The predicted molar refractivity (Wildman–Crippen MR) is 118 cm³/mol. The highest BCUT2D eigenvalue weighted by atomic mass is 35.5. The topological polar surface area (TPSA) is 101 Å². The first kappa shape index (κ1) is 20.6. The molecule has 8 nitrogen and oxygen atoms in total. The Labute approximate surface area is 186 Å². The minimum absolute atomic E-state index is 0.0578. The van der Waals surface area contributed by atoms with Gasteiger partial charge >= 0.3 is 0 Å². The summed E-state index contributed by atoms with van der Waals surface area (Å²) in [6.45, 7) is 0. The van der Waals surface area contributed by atoms with Gasteiger partial charge in [-0.25, -0.2) is 9.88 Å². The summed E-state index contributed by atoms with van der Waals surface area (Å²) in [7, 11) is 1.45. The van der Waals surface area contributed by atoms with Gasteiger partial charge in [0.15, 0.2) is 5.13 Å². The van der Waals surface area contributed by atoms with Crippen molar-refractivity contribution in [1.29, 1.82) is 0 Å². The van der Waals surface area contributed by atoms with Crippen molar-refractivity contribution in [2.75, 3.05) is 22.6 Å². The molecule has 2 N–H and O–H groups in total. The van der Waals surface area contributed by atoms with Gasteiger partial charge in [0, 0.05) is 22.8 Å². The lowest BCUT2D eigenvalue weighted by Crippen LogP contribution is -2.32. The highest BCUT2D eigenvalue weighted by molar-refractivity contribution is 7.13. The maximum atomic E-state index is 12.9. The van der Waals surface area contributed by atoms with E-state index >= 15 is 0 Å². The van der Waals surface area contributed by atoms with Crippen LogP contribution in [0.2, 0.25) is 0 Å². The van der Waals surface area contributed by atoms with Crippen LogP contribution in [-0.2, 0) is 9.59 Å². The number of ether oxygens (including phenoxy) is 1. The van der Waals surface area contributed by atoms with Crippen LogP contribution in [0.15, 0.2) is 70.8 Å². The average Bonchev–Trinajstić information content (AvgIpc) is 3.37. The third-order valence-electron chi connectivity index (χ3n) is 4.42. The monoisotopic (exact) mass is 454 g/mol. The smallest absolute Gasteiger partial charge is 0.283 e. The van der Waals surface area contributed by atoms with Crippen molar-refractivity contribution in [3.8, 4) is 5.75 Å². The largest absolute Gasteiger partial charge is 0.495 e. The average molecular weight is 455 g/mol. The Morgan fingerprint density at radius 1 is 1.10 bits per heavy atom. The number of hydrogen-bond acceptors (Lipinski definition) is 7. The van der Waals surface area contributed by atoms with Crippen LogP contribution in [-0.4, -0.2) is 29.8 Å². The first-order chi connectivity index (χ1) is 15.0. The molecule has 0 fully saturated rings. The SMILES string of the molecule is COc1ccccc1N1C(=O)C(Cl)=C(Nc2ccc(C(=O)Nc3nccs3)cc2)C1=O. The molecule has 0 spiro atoms. The molecule has 0 unspecified atom stereocenters. The Bertz CT molecular complexity index is 1190. The highest BCUT2D eigenvalue weighted by Crippen LogP contribution is 2.35. The molecule has 4 rings (SSSR count). The Kier molecular flexibility index (Phi) is 5.70. The molecule has 0 radical (unpaired) electrons. The standard InChI is InChI=1S/C21H15ClN4O4S/c1-30-15-5-3-2-4-14(15)26-19(28)16(22)17(20(26)29)24-13-8-6-12(7-9-13)18(27)25-21-23-10-11-31-21/h2-11,24H,1H3,(H,23,25,27). The Morgan fingerprint density at radius 2 is 1.84 bits per heavy atom. The van der Waals surface area contributed by atoms with Crippen molar-refractivity contribution < 1.29 is 19.1 Å². The number of hydrogen-bond donors (Lipinski definition) is 2. The second-order valence-corrected chi connectivity index (χ2v) is 7.57. The van der Waals surface area contributed by atoms with E-state index in [1.165, 1.54) is 18.4 Å². The lowest BCUT2D eigenvalue weighted by molar-refractivity contribution is -0.120. The number of thiazole rings is 1. The second-order valence-electron chi connectivity index (χ2n) is 6.30. The molecule has 10 heteroatoms. The summed E-state index contributed by atoms with van der Waals surface area (Å²) < 4.78 is 5.25. The molecule has 0 saturated heterocycles. The van der Waals surface area contributed by atoms with E-state index < -0.39 is 11.8 Å². The summed E-state index contributed by atoms with van der Waals surface area (Å²) in [6, 6.07) is 13.0. The number of amides is 3. The molecule has 0 saturated carbocycles. The second kappa shape index (κ2) is 8.58. The van der Waals surface area contributed by atoms with Crippen molar-refractivity contribution in [2.24, 2.45) is 0 Å². The van der Waals surface area contributed by atoms with Crippen LogP contribution in [0, 0.1) is 0 Å². The van der Waals surface area contributed by atoms with Gasteiger partial charge in [-0.2, -0.15) is 0 Å². The van der Waals surface area contributed by atoms with E-state index in [-0.39, 0.29) is 16.6 Å². The number of rotatable bonds is 6. The van der Waals surface area contributed by atoms with Gasteiger partial charge in [0.05, 0.1) is 12.8 Å². The zero-order valence-electron chi connectivity index (χ0n) is 16.1. The minimum Gasteiger partial charge on any atom is -0.495 e. The summed E-state index contributed by atoms with van der Waals surface area (Å²) in [6.07, 6.45) is 1.60. The maximum Gasteiger partial charge on any atom is 0.283 e. The molecular weight excluding hydrogens is 440 g/mol. The molecule has 0 bridgehead atoms. The number of para-hydroxylation sites is 2. The van der Waals surface area contributed by atoms with Crippen molar-refractivity contribution >= 4 is 57.2 Å².